The first-order valence-electron chi connectivity index (χ1n) is 8.74. The fourth-order valence-corrected chi connectivity index (χ4v) is 2.78. The normalized spacial score (nSPS) is 18.8. The Bertz CT molecular complexity index is 324. The van der Waals surface area contributed by atoms with Gasteiger partial charge in [0.05, 0.1) is 0 Å². The van der Waals surface area contributed by atoms with Crippen molar-refractivity contribution >= 4 is 5.96 Å². The largest absolute Gasteiger partial charge is 0.355 e. The van der Waals surface area contributed by atoms with Gasteiger partial charge in [-0.1, -0.05) is 13.8 Å². The van der Waals surface area contributed by atoms with Crippen LogP contribution in [0, 0.1) is 5.92 Å². The smallest absolute Gasteiger partial charge is 0.191 e. The number of piperidine rings is 1. The first kappa shape index (κ1) is 19.2. The first-order chi connectivity index (χ1) is 10.3. The van der Waals surface area contributed by atoms with Gasteiger partial charge in [0.2, 0.25) is 0 Å². The standard InChI is InChI=1S/C17H37N5/c1-14(2)13-22-11-7-15(8-12-22)21-16(18-6)19-9-10-20-17(3,4)5/h14-15,20H,7-13H2,1-6H3,(H2,18,19,21). The highest BCUT2D eigenvalue weighted by molar-refractivity contribution is 5.79. The van der Waals surface area contributed by atoms with Crippen LogP contribution in [0.5, 0.6) is 0 Å². The van der Waals surface area contributed by atoms with Gasteiger partial charge in [0, 0.05) is 51.4 Å². The summed E-state index contributed by atoms with van der Waals surface area (Å²) >= 11 is 0. The third-order valence-corrected chi connectivity index (χ3v) is 3.85. The van der Waals surface area contributed by atoms with Gasteiger partial charge in [-0.25, -0.2) is 0 Å². The second-order valence-corrected chi connectivity index (χ2v) is 7.79. The zero-order chi connectivity index (χ0) is 16.6. The Morgan fingerprint density at radius 1 is 1.18 bits per heavy atom. The lowest BCUT2D eigenvalue weighted by Gasteiger charge is -2.34. The summed E-state index contributed by atoms with van der Waals surface area (Å²) in [6, 6.07) is 0.546. The molecule has 0 aliphatic carbocycles. The molecule has 0 aromatic carbocycles. The molecule has 0 amide bonds. The molecule has 130 valence electrons. The molecule has 0 atom stereocenters. The maximum absolute atomic E-state index is 4.34. The van der Waals surface area contributed by atoms with Crippen LogP contribution in [0.4, 0.5) is 0 Å². The summed E-state index contributed by atoms with van der Waals surface area (Å²) in [5, 5.41) is 10.4. The zero-order valence-electron chi connectivity index (χ0n) is 15.5. The Balaban J connectivity index is 2.21. The molecule has 1 aliphatic heterocycles. The van der Waals surface area contributed by atoms with E-state index in [-0.39, 0.29) is 5.54 Å². The third-order valence-electron chi connectivity index (χ3n) is 3.85. The summed E-state index contributed by atoms with van der Waals surface area (Å²) in [6.45, 7) is 16.6. The maximum atomic E-state index is 4.34. The average Bonchev–Trinajstić information content (AvgIpc) is 2.42. The van der Waals surface area contributed by atoms with Gasteiger partial charge in [0.25, 0.3) is 0 Å². The highest BCUT2D eigenvalue weighted by Crippen LogP contribution is 2.11. The van der Waals surface area contributed by atoms with Gasteiger partial charge in [-0.05, 0) is 39.5 Å². The van der Waals surface area contributed by atoms with Gasteiger partial charge in [-0.3, -0.25) is 4.99 Å². The molecule has 22 heavy (non-hydrogen) atoms. The lowest BCUT2D eigenvalue weighted by molar-refractivity contribution is 0.187. The van der Waals surface area contributed by atoms with Crippen LogP contribution in [0.1, 0.15) is 47.5 Å². The van der Waals surface area contributed by atoms with E-state index in [1.807, 2.05) is 7.05 Å². The third kappa shape index (κ3) is 8.59. The summed E-state index contributed by atoms with van der Waals surface area (Å²) < 4.78 is 0. The molecule has 0 unspecified atom stereocenters. The molecule has 0 spiro atoms. The Hall–Kier alpha value is -0.810. The summed E-state index contributed by atoms with van der Waals surface area (Å²) in [7, 11) is 1.85. The van der Waals surface area contributed by atoms with E-state index in [0.717, 1.165) is 25.0 Å². The van der Waals surface area contributed by atoms with Crippen molar-refractivity contribution in [3.8, 4) is 0 Å². The molecule has 0 saturated carbocycles. The predicted molar refractivity (Wildman–Crippen MR) is 96.6 cm³/mol. The van der Waals surface area contributed by atoms with Crippen LogP contribution in [0.3, 0.4) is 0 Å². The molecule has 0 aromatic heterocycles. The molecule has 0 radical (unpaired) electrons. The minimum atomic E-state index is 0.169. The second kappa shape index (κ2) is 9.36. The van der Waals surface area contributed by atoms with Crippen LogP contribution < -0.4 is 16.0 Å². The van der Waals surface area contributed by atoms with E-state index in [1.165, 1.54) is 32.5 Å². The minimum absolute atomic E-state index is 0.169. The van der Waals surface area contributed by atoms with Crippen molar-refractivity contribution in [1.82, 2.24) is 20.9 Å². The highest BCUT2D eigenvalue weighted by atomic mass is 15.2. The van der Waals surface area contributed by atoms with Crippen LogP contribution in [-0.4, -0.2) is 62.2 Å². The van der Waals surface area contributed by atoms with Crippen LogP contribution in [-0.2, 0) is 0 Å². The van der Waals surface area contributed by atoms with Gasteiger partial charge in [0.1, 0.15) is 0 Å². The SMILES string of the molecule is CN=C(NCCNC(C)(C)C)NC1CCN(CC(C)C)CC1. The van der Waals surface area contributed by atoms with Crippen molar-refractivity contribution in [1.29, 1.82) is 0 Å². The van der Waals surface area contributed by atoms with Crippen LogP contribution in [0.25, 0.3) is 0 Å². The zero-order valence-corrected chi connectivity index (χ0v) is 15.5. The van der Waals surface area contributed by atoms with Crippen molar-refractivity contribution in [3.05, 3.63) is 0 Å². The van der Waals surface area contributed by atoms with E-state index in [0.29, 0.717) is 6.04 Å². The number of likely N-dealkylation sites (tertiary alicyclic amines) is 1. The van der Waals surface area contributed by atoms with Crippen LogP contribution in [0.2, 0.25) is 0 Å². The van der Waals surface area contributed by atoms with Crippen LogP contribution >= 0.6 is 0 Å². The quantitative estimate of drug-likeness (QED) is 0.397. The van der Waals surface area contributed by atoms with E-state index >= 15 is 0 Å². The average molecular weight is 312 g/mol. The van der Waals surface area contributed by atoms with E-state index < -0.39 is 0 Å². The summed E-state index contributed by atoms with van der Waals surface area (Å²) in [4.78, 5) is 6.91. The fraction of sp³-hybridized carbons (Fsp3) is 0.941. The van der Waals surface area contributed by atoms with Crippen molar-refractivity contribution in [2.24, 2.45) is 10.9 Å². The van der Waals surface area contributed by atoms with Crippen molar-refractivity contribution in [2.45, 2.75) is 59.0 Å². The van der Waals surface area contributed by atoms with E-state index in [9.17, 15) is 0 Å². The van der Waals surface area contributed by atoms with E-state index in [1.54, 1.807) is 0 Å². The molecular formula is C17H37N5. The topological polar surface area (TPSA) is 51.7 Å². The maximum Gasteiger partial charge on any atom is 0.191 e. The van der Waals surface area contributed by atoms with E-state index in [2.05, 4.69) is 60.5 Å². The molecule has 3 N–H and O–H groups in total. The molecule has 5 heteroatoms. The molecule has 0 aromatic rings. The molecule has 1 fully saturated rings. The summed E-state index contributed by atoms with van der Waals surface area (Å²) in [5.41, 5.74) is 0.169. The second-order valence-electron chi connectivity index (χ2n) is 7.79. The highest BCUT2D eigenvalue weighted by Gasteiger charge is 2.20. The molecule has 1 rings (SSSR count). The Labute approximate surface area is 137 Å². The van der Waals surface area contributed by atoms with Crippen molar-refractivity contribution in [2.75, 3.05) is 39.8 Å². The molecular weight excluding hydrogens is 274 g/mol. The lowest BCUT2D eigenvalue weighted by Crippen LogP contribution is -2.50. The fourth-order valence-electron chi connectivity index (χ4n) is 2.78. The van der Waals surface area contributed by atoms with Crippen LogP contribution in [0.15, 0.2) is 4.99 Å². The number of aliphatic imine (C=N–C) groups is 1. The molecule has 5 nitrogen and oxygen atoms in total. The molecule has 1 saturated heterocycles. The number of hydrogen-bond acceptors (Lipinski definition) is 3. The van der Waals surface area contributed by atoms with E-state index in [4.69, 9.17) is 0 Å². The molecule has 0 bridgehead atoms. The Kier molecular flexibility index (Phi) is 8.18. The lowest BCUT2D eigenvalue weighted by atomic mass is 10.0. The number of rotatable bonds is 6. The first-order valence-corrected chi connectivity index (χ1v) is 8.74. The summed E-state index contributed by atoms with van der Waals surface area (Å²) in [5.74, 6) is 1.69. The number of nitrogens with one attached hydrogen (secondary N) is 3. The van der Waals surface area contributed by atoms with Gasteiger partial charge >= 0.3 is 0 Å². The molecule has 1 aliphatic rings. The predicted octanol–water partition coefficient (Wildman–Crippen LogP) is 1.66. The Morgan fingerprint density at radius 3 is 2.32 bits per heavy atom. The van der Waals surface area contributed by atoms with Gasteiger partial charge in [-0.2, -0.15) is 0 Å². The minimum Gasteiger partial charge on any atom is -0.355 e. The Morgan fingerprint density at radius 2 is 1.82 bits per heavy atom. The number of nitrogens with zero attached hydrogens (tertiary/aromatic N) is 2. The number of hydrogen-bond donors (Lipinski definition) is 3. The number of guanidine groups is 1. The van der Waals surface area contributed by atoms with Gasteiger partial charge in [0.15, 0.2) is 5.96 Å². The van der Waals surface area contributed by atoms with Gasteiger partial charge < -0.3 is 20.9 Å². The molecule has 1 heterocycles. The van der Waals surface area contributed by atoms with Crippen molar-refractivity contribution < 1.29 is 0 Å². The van der Waals surface area contributed by atoms with Gasteiger partial charge in [-0.15, -0.1) is 0 Å². The monoisotopic (exact) mass is 311 g/mol. The summed E-state index contributed by atoms with van der Waals surface area (Å²) in [6.07, 6.45) is 2.40. The van der Waals surface area contributed by atoms with Crippen molar-refractivity contribution in [3.63, 3.8) is 0 Å².